The molecule has 2 nitrogen and oxygen atoms in total. The lowest BCUT2D eigenvalue weighted by atomic mass is 10.1. The molecule has 0 unspecified atom stereocenters. The second-order valence-corrected chi connectivity index (χ2v) is 8.46. The minimum Gasteiger partial charge on any atom is -0.360 e. The van der Waals surface area contributed by atoms with Gasteiger partial charge in [-0.15, -0.1) is 11.3 Å². The zero-order valence-electron chi connectivity index (χ0n) is 12.7. The molecule has 1 aromatic carbocycles. The lowest BCUT2D eigenvalue weighted by Crippen LogP contribution is -3.13. The van der Waals surface area contributed by atoms with Crippen LogP contribution in [0.4, 0.5) is 5.69 Å². The highest BCUT2D eigenvalue weighted by molar-refractivity contribution is 9.11. The molecule has 2 heterocycles. The van der Waals surface area contributed by atoms with Crippen LogP contribution in [0.15, 0.2) is 34.1 Å². The van der Waals surface area contributed by atoms with Crippen LogP contribution in [-0.2, 0) is 6.54 Å². The van der Waals surface area contributed by atoms with Gasteiger partial charge in [-0.2, -0.15) is 0 Å². The minimum absolute atomic E-state index is 1.16. The number of benzene rings is 1. The third-order valence-corrected chi connectivity index (χ3v) is 5.85. The molecular formula is C17H22BrN2S+. The Kier molecular flexibility index (Phi) is 4.67. The first-order valence-corrected chi connectivity index (χ1v) is 9.13. The Labute approximate surface area is 139 Å². The van der Waals surface area contributed by atoms with Gasteiger partial charge in [-0.05, 0) is 59.1 Å². The van der Waals surface area contributed by atoms with Crippen molar-refractivity contribution in [3.63, 3.8) is 0 Å². The molecule has 1 fully saturated rings. The van der Waals surface area contributed by atoms with Crippen molar-refractivity contribution in [2.45, 2.75) is 20.4 Å². The molecule has 1 aliphatic rings. The zero-order valence-corrected chi connectivity index (χ0v) is 15.1. The van der Waals surface area contributed by atoms with Gasteiger partial charge in [0.15, 0.2) is 0 Å². The van der Waals surface area contributed by atoms with E-state index in [0.29, 0.717) is 0 Å². The van der Waals surface area contributed by atoms with Gasteiger partial charge in [-0.1, -0.05) is 12.1 Å². The van der Waals surface area contributed by atoms with Crippen LogP contribution in [0.5, 0.6) is 0 Å². The summed E-state index contributed by atoms with van der Waals surface area (Å²) in [6.45, 7) is 10.3. The zero-order chi connectivity index (χ0) is 14.8. The van der Waals surface area contributed by atoms with E-state index in [1.54, 1.807) is 4.90 Å². The molecule has 0 amide bonds. The van der Waals surface area contributed by atoms with Crippen molar-refractivity contribution in [1.29, 1.82) is 0 Å². The highest BCUT2D eigenvalue weighted by Crippen LogP contribution is 2.22. The monoisotopic (exact) mass is 365 g/mol. The fourth-order valence-electron chi connectivity index (χ4n) is 2.99. The predicted molar refractivity (Wildman–Crippen MR) is 94.5 cm³/mol. The molecule has 1 N–H and O–H groups in total. The fraction of sp³-hybridized carbons (Fsp3) is 0.412. The number of hydrogen-bond donors (Lipinski definition) is 1. The van der Waals surface area contributed by atoms with Crippen molar-refractivity contribution in [2.75, 3.05) is 31.1 Å². The number of aryl methyl sites for hydroxylation is 2. The van der Waals surface area contributed by atoms with Crippen LogP contribution >= 0.6 is 27.3 Å². The van der Waals surface area contributed by atoms with Crippen LogP contribution in [0.2, 0.25) is 0 Å². The van der Waals surface area contributed by atoms with Crippen molar-refractivity contribution in [3.05, 3.63) is 50.1 Å². The third-order valence-electron chi connectivity index (χ3n) is 4.23. The van der Waals surface area contributed by atoms with Crippen molar-refractivity contribution < 1.29 is 4.90 Å². The Morgan fingerprint density at radius 2 is 1.90 bits per heavy atom. The normalized spacial score (nSPS) is 16.4. The molecule has 21 heavy (non-hydrogen) atoms. The summed E-state index contributed by atoms with van der Waals surface area (Å²) in [5.41, 5.74) is 4.17. The summed E-state index contributed by atoms with van der Waals surface area (Å²) in [5, 5.41) is 0. The highest BCUT2D eigenvalue weighted by Gasteiger charge is 2.21. The number of piperazine rings is 1. The van der Waals surface area contributed by atoms with E-state index < -0.39 is 0 Å². The summed E-state index contributed by atoms with van der Waals surface area (Å²) in [4.78, 5) is 5.74. The second-order valence-electron chi connectivity index (χ2n) is 5.91. The molecule has 112 valence electrons. The van der Waals surface area contributed by atoms with E-state index in [4.69, 9.17) is 0 Å². The SMILES string of the molecule is Cc1ccc(C)c(N2CC[NH+](Cc3ccc(Br)s3)CC2)c1. The number of nitrogens with zero attached hydrogens (tertiary/aromatic N) is 1. The van der Waals surface area contributed by atoms with E-state index in [1.165, 1.54) is 38.6 Å². The summed E-state index contributed by atoms with van der Waals surface area (Å²) in [6, 6.07) is 11.2. The topological polar surface area (TPSA) is 7.68 Å². The molecule has 0 atom stereocenters. The van der Waals surface area contributed by atoms with Gasteiger partial charge in [0.25, 0.3) is 0 Å². The molecule has 1 aromatic heterocycles. The first kappa shape index (κ1) is 15.1. The molecule has 0 radical (unpaired) electrons. The second kappa shape index (κ2) is 6.51. The van der Waals surface area contributed by atoms with Gasteiger partial charge in [0.1, 0.15) is 6.54 Å². The van der Waals surface area contributed by atoms with E-state index in [9.17, 15) is 0 Å². The van der Waals surface area contributed by atoms with E-state index in [-0.39, 0.29) is 0 Å². The van der Waals surface area contributed by atoms with Gasteiger partial charge in [0.05, 0.1) is 34.8 Å². The van der Waals surface area contributed by atoms with Crippen molar-refractivity contribution >= 4 is 33.0 Å². The van der Waals surface area contributed by atoms with Crippen LogP contribution in [0.1, 0.15) is 16.0 Å². The molecule has 0 bridgehead atoms. The number of halogens is 1. The van der Waals surface area contributed by atoms with Crippen molar-refractivity contribution in [1.82, 2.24) is 0 Å². The van der Waals surface area contributed by atoms with E-state index in [0.717, 1.165) is 19.6 Å². The number of anilines is 1. The number of thiophene rings is 1. The lowest BCUT2D eigenvalue weighted by Gasteiger charge is -2.34. The minimum atomic E-state index is 1.16. The Balaban J connectivity index is 1.61. The molecule has 0 aliphatic carbocycles. The maximum Gasteiger partial charge on any atom is 0.112 e. The number of quaternary nitrogens is 1. The molecule has 3 rings (SSSR count). The van der Waals surface area contributed by atoms with Crippen LogP contribution < -0.4 is 9.80 Å². The van der Waals surface area contributed by atoms with Gasteiger partial charge in [0.2, 0.25) is 0 Å². The Morgan fingerprint density at radius 3 is 2.57 bits per heavy atom. The quantitative estimate of drug-likeness (QED) is 0.878. The molecule has 0 spiro atoms. The van der Waals surface area contributed by atoms with Gasteiger partial charge in [-0.25, -0.2) is 0 Å². The summed E-state index contributed by atoms with van der Waals surface area (Å²) < 4.78 is 1.24. The predicted octanol–water partition coefficient (Wildman–Crippen LogP) is 3.03. The van der Waals surface area contributed by atoms with Gasteiger partial charge >= 0.3 is 0 Å². The van der Waals surface area contributed by atoms with Gasteiger partial charge in [-0.3, -0.25) is 0 Å². The summed E-state index contributed by atoms with van der Waals surface area (Å²) >= 11 is 5.42. The van der Waals surface area contributed by atoms with E-state index >= 15 is 0 Å². The van der Waals surface area contributed by atoms with Gasteiger partial charge in [0, 0.05) is 5.69 Å². The summed E-state index contributed by atoms with van der Waals surface area (Å²) in [5.74, 6) is 0. The first-order chi connectivity index (χ1) is 10.1. The largest absolute Gasteiger partial charge is 0.360 e. The van der Waals surface area contributed by atoms with Crippen LogP contribution in [0.3, 0.4) is 0 Å². The Bertz CT molecular complexity index is 615. The van der Waals surface area contributed by atoms with Gasteiger partial charge < -0.3 is 9.80 Å². The average molecular weight is 366 g/mol. The number of hydrogen-bond acceptors (Lipinski definition) is 2. The van der Waals surface area contributed by atoms with Crippen molar-refractivity contribution in [3.8, 4) is 0 Å². The molecule has 1 saturated heterocycles. The average Bonchev–Trinajstić information content (AvgIpc) is 2.88. The number of rotatable bonds is 3. The fourth-order valence-corrected chi connectivity index (χ4v) is 4.55. The summed E-state index contributed by atoms with van der Waals surface area (Å²) in [7, 11) is 0. The number of nitrogens with one attached hydrogen (secondary N) is 1. The smallest absolute Gasteiger partial charge is 0.112 e. The van der Waals surface area contributed by atoms with Crippen molar-refractivity contribution in [2.24, 2.45) is 0 Å². The Morgan fingerprint density at radius 1 is 1.14 bits per heavy atom. The van der Waals surface area contributed by atoms with E-state index in [2.05, 4.69) is 65.0 Å². The van der Waals surface area contributed by atoms with E-state index in [1.807, 2.05) is 11.3 Å². The highest BCUT2D eigenvalue weighted by atomic mass is 79.9. The molecule has 2 aromatic rings. The summed E-state index contributed by atoms with van der Waals surface area (Å²) in [6.07, 6.45) is 0. The molecule has 0 saturated carbocycles. The third kappa shape index (κ3) is 3.68. The first-order valence-electron chi connectivity index (χ1n) is 7.52. The van der Waals surface area contributed by atoms with Crippen LogP contribution in [0.25, 0.3) is 0 Å². The maximum atomic E-state index is 3.55. The maximum absolute atomic E-state index is 3.55. The molecule has 1 aliphatic heterocycles. The standard InChI is InChI=1S/C17H21BrN2S/c1-13-3-4-14(2)16(11-13)20-9-7-19(8-10-20)12-15-5-6-17(18)21-15/h3-6,11H,7-10,12H2,1-2H3/p+1. The molecular weight excluding hydrogens is 344 g/mol. The van der Waals surface area contributed by atoms with Crippen LogP contribution in [-0.4, -0.2) is 26.2 Å². The Hall–Kier alpha value is -0.840. The molecule has 4 heteroatoms. The lowest BCUT2D eigenvalue weighted by molar-refractivity contribution is -0.914. The van der Waals surface area contributed by atoms with Crippen LogP contribution in [0, 0.1) is 13.8 Å².